The van der Waals surface area contributed by atoms with Gasteiger partial charge in [-0.3, -0.25) is 4.98 Å². The number of halogens is 1. The van der Waals surface area contributed by atoms with Gasteiger partial charge in [0.15, 0.2) is 0 Å². The highest BCUT2D eigenvalue weighted by molar-refractivity contribution is 6.30. The second-order valence-corrected chi connectivity index (χ2v) is 5.78. The zero-order chi connectivity index (χ0) is 17.5. The number of pyridine rings is 1. The maximum absolute atomic E-state index is 8.94. The molecule has 0 fully saturated rings. The van der Waals surface area contributed by atoms with Gasteiger partial charge < -0.3 is 15.7 Å². The van der Waals surface area contributed by atoms with E-state index in [9.17, 15) is 0 Å². The predicted octanol–water partition coefficient (Wildman–Crippen LogP) is 3.73. The van der Waals surface area contributed by atoms with Crippen molar-refractivity contribution in [2.45, 2.75) is 6.42 Å². The Morgan fingerprint density at radius 2 is 1.92 bits per heavy atom. The summed E-state index contributed by atoms with van der Waals surface area (Å²) in [5, 5.41) is 16.0. The smallest absolute Gasteiger partial charge is 0.225 e. The number of rotatable bonds is 7. The molecule has 0 aliphatic heterocycles. The molecule has 0 radical (unpaired) electrons. The molecule has 3 N–H and O–H groups in total. The van der Waals surface area contributed by atoms with Crippen LogP contribution in [0.5, 0.6) is 0 Å². The fourth-order valence-electron chi connectivity index (χ4n) is 2.21. The lowest BCUT2D eigenvalue weighted by Crippen LogP contribution is -2.08. The predicted molar refractivity (Wildman–Crippen MR) is 100 cm³/mol. The standard InChI is InChI=1S/C18H18ClN5O/c19-14-4-6-15(7-5-14)22-17-11-16(13-3-1-8-20-12-13)23-18(24-17)21-9-2-10-25/h1,3-8,11-12,25H,2,9-10H2,(H2,21,22,23,24). The van der Waals surface area contributed by atoms with E-state index in [2.05, 4.69) is 25.6 Å². The van der Waals surface area contributed by atoms with Crippen LogP contribution in [0.2, 0.25) is 5.02 Å². The first-order valence-corrected chi connectivity index (χ1v) is 8.29. The number of aromatic nitrogens is 3. The van der Waals surface area contributed by atoms with Crippen LogP contribution in [0.3, 0.4) is 0 Å². The average molecular weight is 356 g/mol. The maximum atomic E-state index is 8.94. The third kappa shape index (κ3) is 4.89. The first-order valence-electron chi connectivity index (χ1n) is 7.91. The maximum Gasteiger partial charge on any atom is 0.225 e. The molecule has 2 aromatic heterocycles. The minimum absolute atomic E-state index is 0.116. The van der Waals surface area contributed by atoms with Gasteiger partial charge >= 0.3 is 0 Å². The highest BCUT2D eigenvalue weighted by Gasteiger charge is 2.07. The topological polar surface area (TPSA) is 83.0 Å². The molecule has 7 heteroatoms. The van der Waals surface area contributed by atoms with Crippen LogP contribution in [-0.2, 0) is 0 Å². The van der Waals surface area contributed by atoms with Crippen molar-refractivity contribution in [1.29, 1.82) is 0 Å². The van der Waals surface area contributed by atoms with E-state index in [0.717, 1.165) is 16.9 Å². The van der Waals surface area contributed by atoms with Crippen molar-refractivity contribution in [1.82, 2.24) is 15.0 Å². The Balaban J connectivity index is 1.89. The average Bonchev–Trinajstić information content (AvgIpc) is 2.64. The summed E-state index contributed by atoms with van der Waals surface area (Å²) in [7, 11) is 0. The van der Waals surface area contributed by atoms with Gasteiger partial charge in [-0.25, -0.2) is 4.98 Å². The Bertz CT molecular complexity index is 811. The van der Waals surface area contributed by atoms with Crippen molar-refractivity contribution in [2.75, 3.05) is 23.8 Å². The first kappa shape index (κ1) is 17.1. The summed E-state index contributed by atoms with van der Waals surface area (Å²) in [5.74, 6) is 1.15. The van der Waals surface area contributed by atoms with Gasteiger partial charge in [-0.05, 0) is 42.8 Å². The largest absolute Gasteiger partial charge is 0.396 e. The van der Waals surface area contributed by atoms with Crippen LogP contribution in [0.4, 0.5) is 17.5 Å². The molecule has 0 saturated carbocycles. The van der Waals surface area contributed by atoms with Crippen molar-refractivity contribution in [3.05, 3.63) is 59.9 Å². The van der Waals surface area contributed by atoms with E-state index in [-0.39, 0.29) is 6.61 Å². The van der Waals surface area contributed by atoms with Crippen molar-refractivity contribution in [3.63, 3.8) is 0 Å². The van der Waals surface area contributed by atoms with Gasteiger partial charge in [-0.1, -0.05) is 11.6 Å². The Hall–Kier alpha value is -2.70. The van der Waals surface area contributed by atoms with E-state index in [1.165, 1.54) is 0 Å². The fraction of sp³-hybridized carbons (Fsp3) is 0.167. The summed E-state index contributed by atoms with van der Waals surface area (Å²) < 4.78 is 0. The molecular formula is C18H18ClN5O. The second kappa shape index (κ2) is 8.41. The Morgan fingerprint density at radius 1 is 1.08 bits per heavy atom. The SMILES string of the molecule is OCCCNc1nc(Nc2ccc(Cl)cc2)cc(-c2cccnc2)n1. The van der Waals surface area contributed by atoms with E-state index in [1.807, 2.05) is 42.5 Å². The van der Waals surface area contributed by atoms with Gasteiger partial charge in [-0.2, -0.15) is 4.98 Å². The Morgan fingerprint density at radius 3 is 2.64 bits per heavy atom. The molecule has 0 atom stereocenters. The molecule has 0 amide bonds. The van der Waals surface area contributed by atoms with E-state index in [4.69, 9.17) is 16.7 Å². The number of aliphatic hydroxyl groups excluding tert-OH is 1. The molecule has 0 bridgehead atoms. The number of hydrogen-bond donors (Lipinski definition) is 3. The quantitative estimate of drug-likeness (QED) is 0.560. The molecule has 0 aliphatic carbocycles. The second-order valence-electron chi connectivity index (χ2n) is 5.34. The minimum atomic E-state index is 0.116. The fourth-order valence-corrected chi connectivity index (χ4v) is 2.34. The lowest BCUT2D eigenvalue weighted by Gasteiger charge is -2.11. The molecule has 128 valence electrons. The Labute approximate surface area is 150 Å². The zero-order valence-electron chi connectivity index (χ0n) is 13.5. The summed E-state index contributed by atoms with van der Waals surface area (Å²) >= 11 is 5.93. The third-order valence-corrected chi connectivity index (χ3v) is 3.67. The van der Waals surface area contributed by atoms with Crippen molar-refractivity contribution in [3.8, 4) is 11.3 Å². The van der Waals surface area contributed by atoms with Crippen LogP contribution in [0.15, 0.2) is 54.9 Å². The monoisotopic (exact) mass is 355 g/mol. The highest BCUT2D eigenvalue weighted by atomic mass is 35.5. The lowest BCUT2D eigenvalue weighted by molar-refractivity contribution is 0.292. The number of hydrogen-bond acceptors (Lipinski definition) is 6. The van der Waals surface area contributed by atoms with E-state index in [0.29, 0.717) is 29.8 Å². The minimum Gasteiger partial charge on any atom is -0.396 e. The molecule has 3 aromatic rings. The normalized spacial score (nSPS) is 10.5. The summed E-state index contributed by atoms with van der Waals surface area (Å²) in [4.78, 5) is 13.1. The van der Waals surface area contributed by atoms with Gasteiger partial charge in [0.1, 0.15) is 5.82 Å². The van der Waals surface area contributed by atoms with Gasteiger partial charge in [0.05, 0.1) is 5.69 Å². The summed E-state index contributed by atoms with van der Waals surface area (Å²) in [6, 6.07) is 13.1. The zero-order valence-corrected chi connectivity index (χ0v) is 14.2. The van der Waals surface area contributed by atoms with Crippen molar-refractivity contribution >= 4 is 29.1 Å². The molecule has 0 saturated heterocycles. The van der Waals surface area contributed by atoms with Gasteiger partial charge in [0.2, 0.25) is 5.95 Å². The van der Waals surface area contributed by atoms with E-state index in [1.54, 1.807) is 12.4 Å². The summed E-state index contributed by atoms with van der Waals surface area (Å²) in [6.45, 7) is 0.707. The molecule has 0 unspecified atom stereocenters. The van der Waals surface area contributed by atoms with Crippen LogP contribution < -0.4 is 10.6 Å². The third-order valence-electron chi connectivity index (χ3n) is 3.42. The van der Waals surface area contributed by atoms with Crippen LogP contribution in [0.25, 0.3) is 11.3 Å². The van der Waals surface area contributed by atoms with Crippen LogP contribution in [-0.4, -0.2) is 33.2 Å². The molecule has 1 aromatic carbocycles. The molecular weight excluding hydrogens is 338 g/mol. The molecule has 0 spiro atoms. The van der Waals surface area contributed by atoms with E-state index >= 15 is 0 Å². The molecule has 2 heterocycles. The summed E-state index contributed by atoms with van der Waals surface area (Å²) in [5.41, 5.74) is 2.53. The lowest BCUT2D eigenvalue weighted by atomic mass is 10.2. The highest BCUT2D eigenvalue weighted by Crippen LogP contribution is 2.23. The van der Waals surface area contributed by atoms with Crippen LogP contribution in [0.1, 0.15) is 6.42 Å². The number of nitrogens with zero attached hydrogens (tertiary/aromatic N) is 3. The molecule has 6 nitrogen and oxygen atoms in total. The van der Waals surface area contributed by atoms with E-state index < -0.39 is 0 Å². The van der Waals surface area contributed by atoms with Crippen molar-refractivity contribution < 1.29 is 5.11 Å². The molecule has 25 heavy (non-hydrogen) atoms. The number of anilines is 3. The van der Waals surface area contributed by atoms with Gasteiger partial charge in [-0.15, -0.1) is 0 Å². The molecule has 0 aliphatic rings. The number of nitrogens with one attached hydrogen (secondary N) is 2. The molecule has 3 rings (SSSR count). The number of benzene rings is 1. The first-order chi connectivity index (χ1) is 12.2. The van der Waals surface area contributed by atoms with Gasteiger partial charge in [0.25, 0.3) is 0 Å². The van der Waals surface area contributed by atoms with Crippen molar-refractivity contribution in [2.24, 2.45) is 0 Å². The van der Waals surface area contributed by atoms with Crippen LogP contribution >= 0.6 is 11.6 Å². The van der Waals surface area contributed by atoms with Crippen LogP contribution in [0, 0.1) is 0 Å². The Kier molecular flexibility index (Phi) is 5.77. The van der Waals surface area contributed by atoms with Gasteiger partial charge in [0, 0.05) is 47.9 Å². The summed E-state index contributed by atoms with van der Waals surface area (Å²) in [6.07, 6.45) is 4.10. The number of aliphatic hydroxyl groups is 1.